The first-order valence-electron chi connectivity index (χ1n) is 2.73. The van der Waals surface area contributed by atoms with E-state index in [0.29, 0.717) is 6.61 Å². The highest BCUT2D eigenvalue weighted by Gasteiger charge is 1.90. The third-order valence-electron chi connectivity index (χ3n) is 1.06. The van der Waals surface area contributed by atoms with Crippen LogP contribution in [0, 0.1) is 0 Å². The molecule has 0 fully saturated rings. The second-order valence-corrected chi connectivity index (χ2v) is 1.73. The van der Waals surface area contributed by atoms with Crippen LogP contribution in [0.2, 0.25) is 0 Å². The molecular weight excluding hydrogens is 118 g/mol. The summed E-state index contributed by atoms with van der Waals surface area (Å²) >= 11 is 0. The number of rotatable bonds is 3. The Hall–Kier alpha value is -0.870. The van der Waals surface area contributed by atoms with Gasteiger partial charge in [-0.15, -0.1) is 0 Å². The van der Waals surface area contributed by atoms with E-state index >= 15 is 0 Å². The maximum atomic E-state index is 4.81. The van der Waals surface area contributed by atoms with Crippen molar-refractivity contribution in [2.45, 2.75) is 6.42 Å². The number of hydrogen-bond donors (Lipinski definition) is 2. The molecule has 0 aliphatic rings. The number of nitrogens with zero attached hydrogens (tertiary/aromatic N) is 1. The molecule has 0 aliphatic carbocycles. The van der Waals surface area contributed by atoms with Crippen LogP contribution in [0.5, 0.6) is 0 Å². The van der Waals surface area contributed by atoms with Gasteiger partial charge in [-0.2, -0.15) is 5.10 Å². The van der Waals surface area contributed by atoms with Crippen LogP contribution in [0.1, 0.15) is 5.56 Å². The monoisotopic (exact) mass is 127 g/mol. The largest absolute Gasteiger partial charge is 0.304 e. The quantitative estimate of drug-likeness (QED) is 0.554. The summed E-state index contributed by atoms with van der Waals surface area (Å²) in [6.07, 6.45) is 4.38. The van der Waals surface area contributed by atoms with Gasteiger partial charge in [0.05, 0.1) is 12.8 Å². The van der Waals surface area contributed by atoms with Crippen molar-refractivity contribution in [2.24, 2.45) is 5.90 Å². The average molecular weight is 127 g/mol. The molecule has 4 nitrogen and oxygen atoms in total. The van der Waals surface area contributed by atoms with Gasteiger partial charge < -0.3 is 4.84 Å². The number of nitrogens with two attached hydrogens (primary N) is 1. The van der Waals surface area contributed by atoms with Gasteiger partial charge in [0, 0.05) is 12.6 Å². The molecule has 9 heavy (non-hydrogen) atoms. The molecule has 0 spiro atoms. The molecular formula is C5H9N3O. The van der Waals surface area contributed by atoms with E-state index < -0.39 is 0 Å². The smallest absolute Gasteiger partial charge is 0.0720 e. The van der Waals surface area contributed by atoms with E-state index in [9.17, 15) is 0 Å². The van der Waals surface area contributed by atoms with Crippen molar-refractivity contribution in [1.82, 2.24) is 10.2 Å². The van der Waals surface area contributed by atoms with Crippen LogP contribution < -0.4 is 5.90 Å². The van der Waals surface area contributed by atoms with Crippen molar-refractivity contribution in [3.63, 3.8) is 0 Å². The van der Waals surface area contributed by atoms with Gasteiger partial charge in [-0.1, -0.05) is 0 Å². The Morgan fingerprint density at radius 1 is 1.78 bits per heavy atom. The Kier molecular flexibility index (Phi) is 2.23. The van der Waals surface area contributed by atoms with Crippen LogP contribution in [-0.4, -0.2) is 16.8 Å². The Morgan fingerprint density at radius 3 is 3.22 bits per heavy atom. The standard InChI is InChI=1S/C5H9N3O/c6-9-2-1-5-3-7-8-4-5/h3-4H,1-2,6H2,(H,7,8). The minimum absolute atomic E-state index is 0.541. The second-order valence-electron chi connectivity index (χ2n) is 1.73. The summed E-state index contributed by atoms with van der Waals surface area (Å²) in [6.45, 7) is 0.541. The van der Waals surface area contributed by atoms with Crippen molar-refractivity contribution in [1.29, 1.82) is 0 Å². The molecule has 4 heteroatoms. The molecule has 1 heterocycles. The average Bonchev–Trinajstić information content (AvgIpc) is 2.34. The molecule has 1 aromatic heterocycles. The van der Waals surface area contributed by atoms with Gasteiger partial charge in [-0.05, 0) is 5.56 Å². The zero-order valence-electron chi connectivity index (χ0n) is 5.00. The third kappa shape index (κ3) is 1.83. The summed E-state index contributed by atoms with van der Waals surface area (Å²) < 4.78 is 0. The molecule has 1 aromatic rings. The lowest BCUT2D eigenvalue weighted by Crippen LogP contribution is -2.02. The first-order valence-corrected chi connectivity index (χ1v) is 2.73. The van der Waals surface area contributed by atoms with Crippen molar-refractivity contribution >= 4 is 0 Å². The van der Waals surface area contributed by atoms with Crippen LogP contribution in [0.25, 0.3) is 0 Å². The maximum absolute atomic E-state index is 4.81. The highest BCUT2D eigenvalue weighted by molar-refractivity contribution is 5.01. The first-order chi connectivity index (χ1) is 4.43. The first kappa shape index (κ1) is 6.25. The van der Waals surface area contributed by atoms with E-state index in [1.54, 1.807) is 6.20 Å². The molecule has 0 radical (unpaired) electrons. The van der Waals surface area contributed by atoms with E-state index in [2.05, 4.69) is 15.0 Å². The molecule has 0 bridgehead atoms. The SMILES string of the molecule is NOCCc1cn[nH]c1. The van der Waals surface area contributed by atoms with E-state index in [1.807, 2.05) is 6.20 Å². The summed E-state index contributed by atoms with van der Waals surface area (Å²) in [5.41, 5.74) is 1.11. The highest BCUT2D eigenvalue weighted by atomic mass is 16.6. The lowest BCUT2D eigenvalue weighted by Gasteiger charge is -1.91. The van der Waals surface area contributed by atoms with Crippen LogP contribution in [-0.2, 0) is 11.3 Å². The van der Waals surface area contributed by atoms with E-state index in [4.69, 9.17) is 5.90 Å². The zero-order chi connectivity index (χ0) is 6.53. The van der Waals surface area contributed by atoms with Gasteiger partial charge in [0.2, 0.25) is 0 Å². The van der Waals surface area contributed by atoms with Crippen LogP contribution >= 0.6 is 0 Å². The fraction of sp³-hybridized carbons (Fsp3) is 0.400. The van der Waals surface area contributed by atoms with Crippen molar-refractivity contribution < 1.29 is 4.84 Å². The number of aromatic nitrogens is 2. The Morgan fingerprint density at radius 2 is 2.67 bits per heavy atom. The van der Waals surface area contributed by atoms with Crippen LogP contribution in [0.15, 0.2) is 12.4 Å². The van der Waals surface area contributed by atoms with Gasteiger partial charge in [-0.3, -0.25) is 5.10 Å². The molecule has 0 amide bonds. The lowest BCUT2D eigenvalue weighted by molar-refractivity contribution is 0.141. The van der Waals surface area contributed by atoms with E-state index in [1.165, 1.54) is 0 Å². The zero-order valence-corrected chi connectivity index (χ0v) is 5.00. The minimum atomic E-state index is 0.541. The maximum Gasteiger partial charge on any atom is 0.0720 e. The summed E-state index contributed by atoms with van der Waals surface area (Å²) in [5, 5.41) is 6.45. The fourth-order valence-corrected chi connectivity index (χ4v) is 0.591. The summed E-state index contributed by atoms with van der Waals surface area (Å²) in [6, 6.07) is 0. The second kappa shape index (κ2) is 3.21. The third-order valence-corrected chi connectivity index (χ3v) is 1.06. The number of aromatic amines is 1. The highest BCUT2D eigenvalue weighted by Crippen LogP contribution is 1.93. The van der Waals surface area contributed by atoms with Crippen molar-refractivity contribution in [3.8, 4) is 0 Å². The van der Waals surface area contributed by atoms with Crippen molar-refractivity contribution in [3.05, 3.63) is 18.0 Å². The Bertz CT molecular complexity index is 149. The van der Waals surface area contributed by atoms with Gasteiger partial charge in [-0.25, -0.2) is 5.90 Å². The van der Waals surface area contributed by atoms with Crippen molar-refractivity contribution in [2.75, 3.05) is 6.61 Å². The molecule has 0 atom stereocenters. The summed E-state index contributed by atoms with van der Waals surface area (Å²) in [4.78, 5) is 4.37. The Balaban J connectivity index is 2.30. The number of nitrogens with one attached hydrogen (secondary N) is 1. The number of hydrogen-bond acceptors (Lipinski definition) is 3. The number of H-pyrrole nitrogens is 1. The fourth-order valence-electron chi connectivity index (χ4n) is 0.591. The van der Waals surface area contributed by atoms with Crippen LogP contribution in [0.4, 0.5) is 0 Å². The molecule has 3 N–H and O–H groups in total. The van der Waals surface area contributed by atoms with Gasteiger partial charge >= 0.3 is 0 Å². The summed E-state index contributed by atoms with van der Waals surface area (Å²) in [5.74, 6) is 4.81. The lowest BCUT2D eigenvalue weighted by atomic mass is 10.3. The molecule has 1 rings (SSSR count). The Labute approximate surface area is 53.0 Å². The molecule has 0 saturated heterocycles. The minimum Gasteiger partial charge on any atom is -0.304 e. The van der Waals surface area contributed by atoms with Crippen LogP contribution in [0.3, 0.4) is 0 Å². The van der Waals surface area contributed by atoms with Gasteiger partial charge in [0.25, 0.3) is 0 Å². The molecule has 0 unspecified atom stereocenters. The van der Waals surface area contributed by atoms with E-state index in [-0.39, 0.29) is 0 Å². The van der Waals surface area contributed by atoms with Gasteiger partial charge in [0.1, 0.15) is 0 Å². The predicted molar refractivity (Wildman–Crippen MR) is 32.4 cm³/mol. The molecule has 50 valence electrons. The molecule has 0 aromatic carbocycles. The van der Waals surface area contributed by atoms with Gasteiger partial charge in [0.15, 0.2) is 0 Å². The van der Waals surface area contributed by atoms with E-state index in [0.717, 1.165) is 12.0 Å². The molecule has 0 aliphatic heterocycles. The normalized spacial score (nSPS) is 9.89. The topological polar surface area (TPSA) is 63.9 Å². The predicted octanol–water partition coefficient (Wildman–Crippen LogP) is -0.158. The summed E-state index contributed by atoms with van der Waals surface area (Å²) in [7, 11) is 0. The molecule has 0 saturated carbocycles.